The maximum Gasteiger partial charge on any atom is 0.335 e. The third-order valence-corrected chi connectivity index (χ3v) is 7.82. The van der Waals surface area contributed by atoms with Gasteiger partial charge in [-0.15, -0.1) is 0 Å². The molecule has 2 aliphatic rings. The first kappa shape index (κ1) is 25.5. The molecule has 1 aliphatic heterocycles. The van der Waals surface area contributed by atoms with Gasteiger partial charge in [-0.05, 0) is 54.2 Å². The average Bonchev–Trinajstić information content (AvgIpc) is 3.26. The molecular formula is C29H29ClF2N2O3. The molecule has 3 aromatic carbocycles. The molecule has 1 fully saturated rings. The van der Waals surface area contributed by atoms with Gasteiger partial charge in [0.1, 0.15) is 5.66 Å². The Morgan fingerprint density at radius 2 is 1.57 bits per heavy atom. The number of hydrogen-bond acceptors (Lipinski definition) is 4. The molecule has 0 saturated heterocycles. The Labute approximate surface area is 219 Å². The van der Waals surface area contributed by atoms with Crippen molar-refractivity contribution in [1.82, 2.24) is 0 Å². The summed E-state index contributed by atoms with van der Waals surface area (Å²) in [5.74, 6) is -2.56. The van der Waals surface area contributed by atoms with Crippen LogP contribution in [0.2, 0.25) is 5.02 Å². The van der Waals surface area contributed by atoms with E-state index in [1.165, 1.54) is 18.6 Å². The van der Waals surface area contributed by atoms with Crippen molar-refractivity contribution in [2.24, 2.45) is 11.8 Å². The molecule has 0 radical (unpaired) electrons. The molecule has 0 bridgehead atoms. The van der Waals surface area contributed by atoms with E-state index >= 15 is 0 Å². The van der Waals surface area contributed by atoms with Gasteiger partial charge in [-0.2, -0.15) is 0 Å². The second-order valence-electron chi connectivity index (χ2n) is 9.90. The summed E-state index contributed by atoms with van der Waals surface area (Å²) >= 11 is 6.20. The first-order valence-electron chi connectivity index (χ1n) is 12.6. The van der Waals surface area contributed by atoms with Gasteiger partial charge in [0.05, 0.1) is 30.2 Å². The Morgan fingerprint density at radius 1 is 0.973 bits per heavy atom. The Balaban J connectivity index is 1.47. The fourth-order valence-corrected chi connectivity index (χ4v) is 5.79. The maximum absolute atomic E-state index is 14.2. The summed E-state index contributed by atoms with van der Waals surface area (Å²) in [6, 6.07) is 16.5. The standard InChI is InChI=1S/C29H29ClF2N2O3/c30-22-12-10-21(11-13-22)29(33-26-14-24(31)25(32)15-27(26)34-29)23(19-4-2-1-3-5-19)17-37-16-18-6-8-20(9-7-18)28(35)36/h6-15,19,23,33-34H,1-5,16-17H2,(H,35,36). The number of benzene rings is 3. The molecule has 0 spiro atoms. The number of nitrogens with one attached hydrogen (secondary N) is 2. The van der Waals surface area contributed by atoms with Crippen LogP contribution in [0.1, 0.15) is 53.6 Å². The molecule has 37 heavy (non-hydrogen) atoms. The number of hydrogen-bond donors (Lipinski definition) is 3. The van der Waals surface area contributed by atoms with E-state index in [1.54, 1.807) is 24.3 Å². The van der Waals surface area contributed by atoms with Crippen molar-refractivity contribution in [2.45, 2.75) is 44.4 Å². The van der Waals surface area contributed by atoms with Gasteiger partial charge < -0.3 is 20.5 Å². The quantitative estimate of drug-likeness (QED) is 0.285. The van der Waals surface area contributed by atoms with Crippen molar-refractivity contribution in [2.75, 3.05) is 17.2 Å². The molecule has 3 N–H and O–H groups in total. The minimum atomic E-state index is -0.972. The average molecular weight is 527 g/mol. The fraction of sp³-hybridized carbons (Fsp3) is 0.345. The molecule has 194 valence electrons. The molecule has 5 rings (SSSR count). The van der Waals surface area contributed by atoms with E-state index in [9.17, 15) is 13.6 Å². The normalized spacial score (nSPS) is 17.5. The first-order chi connectivity index (χ1) is 17.9. The van der Waals surface area contributed by atoms with E-state index in [1.807, 2.05) is 24.3 Å². The van der Waals surface area contributed by atoms with Crippen LogP contribution < -0.4 is 10.6 Å². The molecule has 1 saturated carbocycles. The largest absolute Gasteiger partial charge is 0.478 e. The van der Waals surface area contributed by atoms with Crippen LogP contribution in [0, 0.1) is 23.5 Å². The molecule has 1 heterocycles. The van der Waals surface area contributed by atoms with Crippen molar-refractivity contribution in [1.29, 1.82) is 0 Å². The van der Waals surface area contributed by atoms with Gasteiger partial charge in [-0.1, -0.05) is 55.1 Å². The molecule has 1 unspecified atom stereocenters. The smallest absolute Gasteiger partial charge is 0.335 e. The second-order valence-corrected chi connectivity index (χ2v) is 10.3. The van der Waals surface area contributed by atoms with Crippen LogP contribution in [0.25, 0.3) is 0 Å². The van der Waals surface area contributed by atoms with Crippen LogP contribution in [-0.2, 0) is 17.0 Å². The van der Waals surface area contributed by atoms with Crippen LogP contribution in [0.5, 0.6) is 0 Å². The summed E-state index contributed by atoms with van der Waals surface area (Å²) in [6.45, 7) is 0.697. The number of carboxylic acid groups (broad SMARTS) is 1. The van der Waals surface area contributed by atoms with Crippen LogP contribution in [0.15, 0.2) is 60.7 Å². The van der Waals surface area contributed by atoms with Crippen LogP contribution in [0.3, 0.4) is 0 Å². The number of aromatic carboxylic acids is 1. The Bertz CT molecular complexity index is 1230. The Morgan fingerprint density at radius 3 is 2.14 bits per heavy atom. The molecule has 5 nitrogen and oxygen atoms in total. The van der Waals surface area contributed by atoms with Crippen LogP contribution in [-0.4, -0.2) is 17.7 Å². The molecule has 8 heteroatoms. The van der Waals surface area contributed by atoms with Gasteiger partial charge in [-0.25, -0.2) is 13.6 Å². The molecular weight excluding hydrogens is 498 g/mol. The second kappa shape index (κ2) is 10.7. The summed E-state index contributed by atoms with van der Waals surface area (Å²) < 4.78 is 34.6. The lowest BCUT2D eigenvalue weighted by atomic mass is 9.72. The third kappa shape index (κ3) is 5.29. The highest BCUT2D eigenvalue weighted by atomic mass is 35.5. The fourth-order valence-electron chi connectivity index (χ4n) is 5.66. The lowest BCUT2D eigenvalue weighted by molar-refractivity contribution is 0.0308. The summed E-state index contributed by atoms with van der Waals surface area (Å²) in [4.78, 5) is 11.2. The van der Waals surface area contributed by atoms with Gasteiger partial charge >= 0.3 is 5.97 Å². The number of ether oxygens (including phenoxy) is 1. The molecule has 0 aromatic heterocycles. The molecule has 1 aliphatic carbocycles. The lowest BCUT2D eigenvalue weighted by Gasteiger charge is -2.44. The number of halogens is 3. The molecule has 3 aromatic rings. The minimum absolute atomic E-state index is 0.0780. The van der Waals surface area contributed by atoms with Crippen molar-refractivity contribution in [3.8, 4) is 0 Å². The summed E-state index contributed by atoms with van der Waals surface area (Å²) in [6.07, 6.45) is 5.47. The van der Waals surface area contributed by atoms with Gasteiger partial charge in [0.25, 0.3) is 0 Å². The van der Waals surface area contributed by atoms with Gasteiger partial charge in [0.2, 0.25) is 0 Å². The topological polar surface area (TPSA) is 70.6 Å². The minimum Gasteiger partial charge on any atom is -0.478 e. The van der Waals surface area contributed by atoms with Gasteiger partial charge in [0.15, 0.2) is 11.6 Å². The van der Waals surface area contributed by atoms with Crippen molar-refractivity contribution >= 4 is 28.9 Å². The highest BCUT2D eigenvalue weighted by Crippen LogP contribution is 2.49. The SMILES string of the molecule is O=C(O)c1ccc(COCC(C2CCCCC2)C2(c3ccc(Cl)cc3)Nc3cc(F)c(F)cc3N2)cc1. The first-order valence-corrected chi connectivity index (χ1v) is 12.9. The maximum atomic E-state index is 14.2. The summed E-state index contributed by atoms with van der Waals surface area (Å²) in [7, 11) is 0. The third-order valence-electron chi connectivity index (χ3n) is 7.57. The number of anilines is 2. The zero-order valence-corrected chi connectivity index (χ0v) is 21.0. The van der Waals surface area contributed by atoms with Crippen LogP contribution in [0.4, 0.5) is 20.2 Å². The zero-order chi connectivity index (χ0) is 26.0. The number of carbonyl (C=O) groups is 1. The van der Waals surface area contributed by atoms with E-state index < -0.39 is 23.3 Å². The number of carboxylic acids is 1. The predicted molar refractivity (Wildman–Crippen MR) is 140 cm³/mol. The number of rotatable bonds is 8. The zero-order valence-electron chi connectivity index (χ0n) is 20.3. The van der Waals surface area contributed by atoms with Crippen molar-refractivity contribution in [3.05, 3.63) is 94.0 Å². The van der Waals surface area contributed by atoms with E-state index in [-0.39, 0.29) is 11.5 Å². The van der Waals surface area contributed by atoms with Crippen molar-refractivity contribution in [3.63, 3.8) is 0 Å². The highest BCUT2D eigenvalue weighted by molar-refractivity contribution is 6.30. The summed E-state index contributed by atoms with van der Waals surface area (Å²) in [5.41, 5.74) is 2.13. The Hall–Kier alpha value is -3.16. The van der Waals surface area contributed by atoms with Gasteiger partial charge in [-0.3, -0.25) is 0 Å². The van der Waals surface area contributed by atoms with Crippen LogP contribution >= 0.6 is 11.6 Å². The lowest BCUT2D eigenvalue weighted by Crippen LogP contribution is -2.51. The van der Waals surface area contributed by atoms with E-state index in [2.05, 4.69) is 10.6 Å². The van der Waals surface area contributed by atoms with Crippen molar-refractivity contribution < 1.29 is 23.4 Å². The summed E-state index contributed by atoms with van der Waals surface area (Å²) in [5, 5.41) is 16.8. The van der Waals surface area contributed by atoms with E-state index in [0.717, 1.165) is 36.8 Å². The Kier molecular flexibility index (Phi) is 7.36. The van der Waals surface area contributed by atoms with E-state index in [4.69, 9.17) is 21.4 Å². The molecule has 0 amide bonds. The highest BCUT2D eigenvalue weighted by Gasteiger charge is 2.48. The van der Waals surface area contributed by atoms with Gasteiger partial charge in [0, 0.05) is 23.1 Å². The van der Waals surface area contributed by atoms with E-state index in [0.29, 0.717) is 35.5 Å². The predicted octanol–water partition coefficient (Wildman–Crippen LogP) is 7.42. The number of fused-ring (bicyclic) bond motifs is 1. The monoisotopic (exact) mass is 526 g/mol. The molecule has 1 atom stereocenters.